The largest absolute Gasteiger partial charge is 0.481 e. The molecule has 0 aliphatic rings. The molecule has 0 aliphatic carbocycles. The fraction of sp³-hybridized carbons (Fsp3) is 0.143. The molecular formula is C14H13N5O4S3. The van der Waals surface area contributed by atoms with Crippen molar-refractivity contribution in [1.29, 1.82) is 0 Å². The van der Waals surface area contributed by atoms with E-state index in [1.165, 1.54) is 23.5 Å². The van der Waals surface area contributed by atoms with Crippen molar-refractivity contribution < 1.29 is 18.3 Å². The molecule has 2 heterocycles. The van der Waals surface area contributed by atoms with E-state index in [0.29, 0.717) is 15.3 Å². The van der Waals surface area contributed by atoms with Gasteiger partial charge in [-0.2, -0.15) is 0 Å². The van der Waals surface area contributed by atoms with Gasteiger partial charge in [0, 0.05) is 0 Å². The summed E-state index contributed by atoms with van der Waals surface area (Å²) >= 11 is 2.51. The fourth-order valence-electron chi connectivity index (χ4n) is 2.11. The van der Waals surface area contributed by atoms with Gasteiger partial charge in [0.2, 0.25) is 15.2 Å². The molecule has 0 radical (unpaired) electrons. The van der Waals surface area contributed by atoms with E-state index in [1.54, 1.807) is 12.1 Å². The number of anilines is 2. The maximum Gasteiger partial charge on any atom is 0.310 e. The van der Waals surface area contributed by atoms with Crippen LogP contribution in [0, 0.1) is 6.92 Å². The summed E-state index contributed by atoms with van der Waals surface area (Å²) in [5.41, 5.74) is 1.57. The lowest BCUT2D eigenvalue weighted by Crippen LogP contribution is -2.11. The molecule has 0 bridgehead atoms. The van der Waals surface area contributed by atoms with Gasteiger partial charge in [-0.05, 0) is 24.6 Å². The lowest BCUT2D eigenvalue weighted by molar-refractivity contribution is -0.136. The van der Waals surface area contributed by atoms with E-state index >= 15 is 0 Å². The Morgan fingerprint density at radius 2 is 1.88 bits per heavy atom. The highest BCUT2D eigenvalue weighted by Gasteiger charge is 2.14. The summed E-state index contributed by atoms with van der Waals surface area (Å²) in [7, 11) is -3.73. The normalized spacial score (nSPS) is 11.5. The van der Waals surface area contributed by atoms with Crippen LogP contribution in [0.1, 0.15) is 10.7 Å². The zero-order chi connectivity index (χ0) is 18.9. The molecule has 0 spiro atoms. The van der Waals surface area contributed by atoms with Crippen LogP contribution >= 0.6 is 22.7 Å². The number of benzene rings is 1. The Hall–Kier alpha value is -2.41. The number of primary sulfonamides is 1. The molecule has 1 aromatic carbocycles. The summed E-state index contributed by atoms with van der Waals surface area (Å²) in [5.74, 6) is -0.969. The van der Waals surface area contributed by atoms with Gasteiger partial charge in [0.15, 0.2) is 5.13 Å². The molecule has 0 aliphatic heterocycles. The van der Waals surface area contributed by atoms with E-state index in [0.717, 1.165) is 27.5 Å². The van der Waals surface area contributed by atoms with Crippen LogP contribution in [-0.2, 0) is 21.2 Å². The Labute approximate surface area is 156 Å². The highest BCUT2D eigenvalue weighted by molar-refractivity contribution is 7.89. The Bertz CT molecular complexity index is 1060. The number of aliphatic carboxylic acids is 1. The molecule has 0 atom stereocenters. The van der Waals surface area contributed by atoms with Crippen molar-refractivity contribution in [2.75, 3.05) is 5.32 Å². The second-order valence-corrected chi connectivity index (χ2v) is 8.82. The number of carboxylic acids is 1. The Balaban J connectivity index is 1.81. The van der Waals surface area contributed by atoms with Crippen molar-refractivity contribution in [1.82, 2.24) is 15.2 Å². The number of sulfonamides is 1. The molecule has 9 nitrogen and oxygen atoms in total. The second kappa shape index (κ2) is 7.07. The number of carbonyl (C=O) groups is 1. The Kier molecular flexibility index (Phi) is 5.00. The van der Waals surface area contributed by atoms with Gasteiger partial charge in [0.05, 0.1) is 21.9 Å². The molecule has 3 aromatic rings. The van der Waals surface area contributed by atoms with Crippen molar-refractivity contribution in [2.24, 2.45) is 5.14 Å². The van der Waals surface area contributed by atoms with Crippen molar-refractivity contribution in [3.8, 4) is 10.4 Å². The topological polar surface area (TPSA) is 148 Å². The first-order valence-electron chi connectivity index (χ1n) is 7.14. The first-order chi connectivity index (χ1) is 12.2. The van der Waals surface area contributed by atoms with E-state index < -0.39 is 16.0 Å². The highest BCUT2D eigenvalue weighted by Crippen LogP contribution is 2.34. The number of nitrogens with one attached hydrogen (secondary N) is 1. The van der Waals surface area contributed by atoms with E-state index in [-0.39, 0.29) is 11.3 Å². The van der Waals surface area contributed by atoms with E-state index in [9.17, 15) is 13.2 Å². The zero-order valence-corrected chi connectivity index (χ0v) is 15.8. The van der Waals surface area contributed by atoms with Gasteiger partial charge in [-0.3, -0.25) is 4.79 Å². The van der Waals surface area contributed by atoms with Gasteiger partial charge < -0.3 is 10.4 Å². The molecule has 0 amide bonds. The van der Waals surface area contributed by atoms with Gasteiger partial charge in [-0.1, -0.05) is 34.8 Å². The molecule has 0 unspecified atom stereocenters. The monoisotopic (exact) mass is 411 g/mol. The van der Waals surface area contributed by atoms with Crippen LogP contribution in [0.15, 0.2) is 29.2 Å². The van der Waals surface area contributed by atoms with E-state index in [4.69, 9.17) is 10.2 Å². The predicted molar refractivity (Wildman–Crippen MR) is 98.2 cm³/mol. The summed E-state index contributed by atoms with van der Waals surface area (Å²) in [5, 5.41) is 26.0. The number of aromatic nitrogens is 3. The minimum atomic E-state index is -3.73. The summed E-state index contributed by atoms with van der Waals surface area (Å²) in [6.07, 6.45) is -0.183. The molecule has 3 rings (SSSR count). The molecule has 2 aromatic heterocycles. The summed E-state index contributed by atoms with van der Waals surface area (Å²) < 4.78 is 22.7. The van der Waals surface area contributed by atoms with Crippen LogP contribution in [-0.4, -0.2) is 34.7 Å². The third kappa shape index (κ3) is 4.22. The fourth-order valence-corrected chi connectivity index (χ4v) is 4.39. The third-order valence-corrected chi connectivity index (χ3v) is 6.11. The quantitative estimate of drug-likeness (QED) is 0.557. The van der Waals surface area contributed by atoms with Crippen LogP contribution in [0.4, 0.5) is 10.3 Å². The highest BCUT2D eigenvalue weighted by atomic mass is 32.2. The van der Waals surface area contributed by atoms with Crippen LogP contribution in [0.2, 0.25) is 0 Å². The Morgan fingerprint density at radius 3 is 2.50 bits per heavy atom. The lowest BCUT2D eigenvalue weighted by atomic mass is 10.2. The molecule has 0 saturated heterocycles. The smallest absolute Gasteiger partial charge is 0.310 e. The number of hydrogen-bond acceptors (Lipinski definition) is 9. The zero-order valence-electron chi connectivity index (χ0n) is 13.3. The number of aryl methyl sites for hydroxylation is 1. The molecule has 4 N–H and O–H groups in total. The number of thiazole rings is 1. The average molecular weight is 411 g/mol. The van der Waals surface area contributed by atoms with Gasteiger partial charge in [0.25, 0.3) is 0 Å². The molecule has 136 valence electrons. The Morgan fingerprint density at radius 1 is 1.19 bits per heavy atom. The van der Waals surface area contributed by atoms with E-state index in [1.807, 2.05) is 6.92 Å². The molecule has 0 fully saturated rings. The number of carboxylic acid groups (broad SMARTS) is 1. The van der Waals surface area contributed by atoms with Crippen LogP contribution in [0.25, 0.3) is 10.4 Å². The first-order valence-corrected chi connectivity index (χ1v) is 10.3. The van der Waals surface area contributed by atoms with Crippen molar-refractivity contribution in [3.05, 3.63) is 35.0 Å². The third-order valence-electron chi connectivity index (χ3n) is 3.22. The van der Waals surface area contributed by atoms with Gasteiger partial charge >= 0.3 is 5.97 Å². The maximum absolute atomic E-state index is 11.3. The number of nitrogens with zero attached hydrogens (tertiary/aromatic N) is 3. The van der Waals surface area contributed by atoms with Gasteiger partial charge in [-0.25, -0.2) is 18.5 Å². The number of rotatable bonds is 6. The van der Waals surface area contributed by atoms with Crippen LogP contribution in [0.3, 0.4) is 0 Å². The lowest BCUT2D eigenvalue weighted by Gasteiger charge is -2.01. The molecule has 26 heavy (non-hydrogen) atoms. The van der Waals surface area contributed by atoms with Gasteiger partial charge in [0.1, 0.15) is 5.01 Å². The molecule has 0 saturated carbocycles. The standard InChI is InChI=1S/C14H13N5O4S3/c1-7-12(8-2-4-9(5-3-8)26(15,22)23)25-13(16-7)17-14-19-18-10(24-14)6-11(20)21/h2-5H,6H2,1H3,(H,20,21)(H2,15,22,23)(H,16,17,19). The van der Waals surface area contributed by atoms with E-state index in [2.05, 4.69) is 20.5 Å². The minimum absolute atomic E-state index is 0.0431. The summed E-state index contributed by atoms with van der Waals surface area (Å²) in [6, 6.07) is 6.22. The SMILES string of the molecule is Cc1nc(Nc2nnc(CC(=O)O)s2)sc1-c1ccc(S(N)(=O)=O)cc1. The predicted octanol–water partition coefficient (Wildman–Crippen LogP) is 1.99. The van der Waals surface area contributed by atoms with Crippen LogP contribution < -0.4 is 10.5 Å². The number of nitrogens with two attached hydrogens (primary N) is 1. The first kappa shape index (κ1) is 18.4. The van der Waals surface area contributed by atoms with Crippen molar-refractivity contribution >= 4 is 48.9 Å². The summed E-state index contributed by atoms with van der Waals surface area (Å²) in [6.45, 7) is 1.83. The van der Waals surface area contributed by atoms with Crippen LogP contribution in [0.5, 0.6) is 0 Å². The van der Waals surface area contributed by atoms with Gasteiger partial charge in [-0.15, -0.1) is 10.2 Å². The summed E-state index contributed by atoms with van der Waals surface area (Å²) in [4.78, 5) is 16.0. The second-order valence-electron chi connectivity index (χ2n) is 5.20. The van der Waals surface area contributed by atoms with Crippen molar-refractivity contribution in [3.63, 3.8) is 0 Å². The molecular weight excluding hydrogens is 398 g/mol. The molecule has 12 heteroatoms. The minimum Gasteiger partial charge on any atom is -0.481 e. The van der Waals surface area contributed by atoms with Crippen molar-refractivity contribution in [2.45, 2.75) is 18.2 Å². The number of hydrogen-bond donors (Lipinski definition) is 3. The maximum atomic E-state index is 11.3. The average Bonchev–Trinajstić information content (AvgIpc) is 3.13.